The van der Waals surface area contributed by atoms with Crippen molar-refractivity contribution in [2.45, 2.75) is 20.3 Å². The maximum Gasteiger partial charge on any atom is 0.358 e. The molecule has 0 aliphatic carbocycles. The summed E-state index contributed by atoms with van der Waals surface area (Å²) >= 11 is 1.51. The molecule has 0 saturated carbocycles. The first kappa shape index (κ1) is 12.8. The van der Waals surface area contributed by atoms with Gasteiger partial charge in [-0.25, -0.2) is 9.78 Å². The molecule has 1 aromatic heterocycles. The Balaban J connectivity index is 2.45. The number of nitrogens with zero attached hydrogens (tertiary/aromatic N) is 1. The van der Waals surface area contributed by atoms with Crippen LogP contribution in [0.25, 0.3) is 10.4 Å². The lowest BCUT2D eigenvalue weighted by Gasteiger charge is -2.02. The van der Waals surface area contributed by atoms with Crippen molar-refractivity contribution in [2.24, 2.45) is 0 Å². The fraction of sp³-hybridized carbons (Fsp3) is 0.286. The monoisotopic (exact) mass is 261 g/mol. The largest absolute Gasteiger partial charge is 0.464 e. The zero-order chi connectivity index (χ0) is 13.1. The average Bonchev–Trinajstić information content (AvgIpc) is 2.80. The van der Waals surface area contributed by atoms with Gasteiger partial charge in [-0.1, -0.05) is 31.2 Å². The molecule has 0 bridgehead atoms. The highest BCUT2D eigenvalue weighted by atomic mass is 32.1. The third kappa shape index (κ3) is 2.43. The number of thiazole rings is 1. The number of benzene rings is 1. The summed E-state index contributed by atoms with van der Waals surface area (Å²) in [7, 11) is 1.38. The highest BCUT2D eigenvalue weighted by molar-refractivity contribution is 7.15. The quantitative estimate of drug-likeness (QED) is 0.794. The van der Waals surface area contributed by atoms with Gasteiger partial charge >= 0.3 is 5.97 Å². The summed E-state index contributed by atoms with van der Waals surface area (Å²) in [6.07, 6.45) is 1.01. The molecule has 0 aliphatic rings. The lowest BCUT2D eigenvalue weighted by atomic mass is 10.1. The molecule has 2 rings (SSSR count). The van der Waals surface area contributed by atoms with E-state index >= 15 is 0 Å². The first-order valence-corrected chi connectivity index (χ1v) is 6.62. The SMILES string of the molecule is CCc1ccc(-c2sc(C)nc2C(=O)OC)cc1. The van der Waals surface area contributed by atoms with Crippen molar-refractivity contribution in [2.75, 3.05) is 7.11 Å². The molecule has 18 heavy (non-hydrogen) atoms. The lowest BCUT2D eigenvalue weighted by molar-refractivity contribution is 0.0595. The molecule has 1 aromatic carbocycles. The second-order valence-electron chi connectivity index (χ2n) is 3.95. The fourth-order valence-electron chi connectivity index (χ4n) is 1.75. The Bertz CT molecular complexity index is 558. The number of hydrogen-bond donors (Lipinski definition) is 0. The summed E-state index contributed by atoms with van der Waals surface area (Å²) in [6.45, 7) is 4.01. The van der Waals surface area contributed by atoms with E-state index in [1.807, 2.05) is 19.1 Å². The summed E-state index contributed by atoms with van der Waals surface area (Å²) in [5, 5.41) is 0.866. The van der Waals surface area contributed by atoms with Crippen molar-refractivity contribution in [1.82, 2.24) is 4.98 Å². The molecule has 4 heteroatoms. The van der Waals surface area contributed by atoms with Crippen molar-refractivity contribution in [1.29, 1.82) is 0 Å². The maximum atomic E-state index is 11.7. The van der Waals surface area contributed by atoms with E-state index in [-0.39, 0.29) is 5.97 Å². The first-order chi connectivity index (χ1) is 8.65. The van der Waals surface area contributed by atoms with E-state index in [4.69, 9.17) is 4.74 Å². The van der Waals surface area contributed by atoms with Crippen LogP contribution in [0.1, 0.15) is 28.0 Å². The average molecular weight is 261 g/mol. The van der Waals surface area contributed by atoms with Crippen LogP contribution in [0.5, 0.6) is 0 Å². The third-order valence-electron chi connectivity index (χ3n) is 2.74. The fourth-order valence-corrected chi connectivity index (χ4v) is 2.66. The van der Waals surface area contributed by atoms with E-state index in [0.29, 0.717) is 5.69 Å². The molecule has 2 aromatic rings. The minimum Gasteiger partial charge on any atom is -0.464 e. The predicted molar refractivity (Wildman–Crippen MR) is 73.0 cm³/mol. The molecule has 0 saturated heterocycles. The summed E-state index contributed by atoms with van der Waals surface area (Å²) in [5.41, 5.74) is 2.70. The van der Waals surface area contributed by atoms with Crippen LogP contribution in [-0.2, 0) is 11.2 Å². The molecule has 0 fully saturated rings. The summed E-state index contributed by atoms with van der Waals surface area (Å²) in [4.78, 5) is 16.8. The second-order valence-corrected chi connectivity index (χ2v) is 5.16. The number of methoxy groups -OCH3 is 1. The predicted octanol–water partition coefficient (Wildman–Crippen LogP) is 3.47. The number of carbonyl (C=O) groups is 1. The van der Waals surface area contributed by atoms with E-state index in [9.17, 15) is 4.79 Å². The summed E-state index contributed by atoms with van der Waals surface area (Å²) in [6, 6.07) is 8.20. The Labute approximate surface area is 110 Å². The number of aromatic nitrogens is 1. The van der Waals surface area contributed by atoms with E-state index in [0.717, 1.165) is 21.9 Å². The number of hydrogen-bond acceptors (Lipinski definition) is 4. The zero-order valence-corrected chi connectivity index (χ0v) is 11.5. The molecule has 94 valence electrons. The van der Waals surface area contributed by atoms with Crippen LogP contribution in [0, 0.1) is 6.92 Å². The van der Waals surface area contributed by atoms with Gasteiger partial charge in [-0.2, -0.15) is 0 Å². The van der Waals surface area contributed by atoms with Crippen LogP contribution in [0.15, 0.2) is 24.3 Å². The molecule has 3 nitrogen and oxygen atoms in total. The normalized spacial score (nSPS) is 10.4. The molecular weight excluding hydrogens is 246 g/mol. The Morgan fingerprint density at radius 2 is 2.00 bits per heavy atom. The zero-order valence-electron chi connectivity index (χ0n) is 10.7. The molecule has 0 amide bonds. The van der Waals surface area contributed by atoms with Gasteiger partial charge < -0.3 is 4.74 Å². The second kappa shape index (κ2) is 5.31. The summed E-state index contributed by atoms with van der Waals surface area (Å²) < 4.78 is 4.76. The highest BCUT2D eigenvalue weighted by Gasteiger charge is 2.18. The molecular formula is C14H15NO2S. The van der Waals surface area contributed by atoms with Gasteiger partial charge in [0, 0.05) is 0 Å². The Morgan fingerprint density at radius 3 is 2.56 bits per heavy atom. The molecule has 0 N–H and O–H groups in total. The molecule has 0 spiro atoms. The number of esters is 1. The number of aryl methyl sites for hydroxylation is 2. The number of carbonyl (C=O) groups excluding carboxylic acids is 1. The van der Waals surface area contributed by atoms with Gasteiger partial charge in [-0.05, 0) is 24.5 Å². The molecule has 1 heterocycles. The molecule has 0 aliphatic heterocycles. The molecule has 0 unspecified atom stereocenters. The summed E-state index contributed by atoms with van der Waals surface area (Å²) in [5.74, 6) is -0.381. The van der Waals surface area contributed by atoms with Gasteiger partial charge in [0.25, 0.3) is 0 Å². The third-order valence-corrected chi connectivity index (χ3v) is 3.76. The van der Waals surface area contributed by atoms with Gasteiger partial charge in [-0.15, -0.1) is 11.3 Å². The maximum absolute atomic E-state index is 11.7. The van der Waals surface area contributed by atoms with E-state index in [1.54, 1.807) is 0 Å². The number of rotatable bonds is 3. The van der Waals surface area contributed by atoms with Crippen LogP contribution < -0.4 is 0 Å². The van der Waals surface area contributed by atoms with Gasteiger partial charge in [0.05, 0.1) is 17.0 Å². The Kier molecular flexibility index (Phi) is 3.77. The van der Waals surface area contributed by atoms with Crippen molar-refractivity contribution >= 4 is 17.3 Å². The molecule has 0 radical (unpaired) electrons. The topological polar surface area (TPSA) is 39.2 Å². The van der Waals surface area contributed by atoms with Crippen LogP contribution >= 0.6 is 11.3 Å². The van der Waals surface area contributed by atoms with Crippen LogP contribution in [0.4, 0.5) is 0 Å². The smallest absolute Gasteiger partial charge is 0.358 e. The minimum atomic E-state index is -0.381. The van der Waals surface area contributed by atoms with Crippen LogP contribution in [0.2, 0.25) is 0 Å². The lowest BCUT2D eigenvalue weighted by Crippen LogP contribution is -2.03. The van der Waals surface area contributed by atoms with Gasteiger partial charge in [0.2, 0.25) is 0 Å². The van der Waals surface area contributed by atoms with E-state index in [2.05, 4.69) is 24.0 Å². The Morgan fingerprint density at radius 1 is 1.33 bits per heavy atom. The Hall–Kier alpha value is -1.68. The van der Waals surface area contributed by atoms with Crippen molar-refractivity contribution < 1.29 is 9.53 Å². The van der Waals surface area contributed by atoms with Crippen LogP contribution in [0.3, 0.4) is 0 Å². The minimum absolute atomic E-state index is 0.381. The van der Waals surface area contributed by atoms with Crippen LogP contribution in [-0.4, -0.2) is 18.1 Å². The standard InChI is InChI=1S/C14H15NO2S/c1-4-10-5-7-11(8-6-10)13-12(14(16)17-3)15-9(2)18-13/h5-8H,4H2,1-3H3. The van der Waals surface area contributed by atoms with Gasteiger partial charge in [0.15, 0.2) is 5.69 Å². The first-order valence-electron chi connectivity index (χ1n) is 5.80. The number of ether oxygens (including phenoxy) is 1. The van der Waals surface area contributed by atoms with E-state index in [1.165, 1.54) is 24.0 Å². The van der Waals surface area contributed by atoms with Crippen molar-refractivity contribution in [3.05, 3.63) is 40.5 Å². The van der Waals surface area contributed by atoms with Crippen molar-refractivity contribution in [3.8, 4) is 10.4 Å². The van der Waals surface area contributed by atoms with Gasteiger partial charge in [0.1, 0.15) is 0 Å². The van der Waals surface area contributed by atoms with Gasteiger partial charge in [-0.3, -0.25) is 0 Å². The van der Waals surface area contributed by atoms with Crippen molar-refractivity contribution in [3.63, 3.8) is 0 Å². The molecule has 0 atom stereocenters. The highest BCUT2D eigenvalue weighted by Crippen LogP contribution is 2.30. The van der Waals surface area contributed by atoms with E-state index < -0.39 is 0 Å².